The Hall–Kier alpha value is -0.220. The molecule has 0 aromatic carbocycles. The highest BCUT2D eigenvalue weighted by Gasteiger charge is 1.88. The van der Waals surface area contributed by atoms with Gasteiger partial charge in [-0.05, 0) is 6.92 Å². The normalized spacial score (nSPS) is 9.11. The number of carbonyl (C=O) groups excluding carboxylic acids is 1. The molecule has 54 valence electrons. The maximum atomic E-state index is 10.1. The van der Waals surface area contributed by atoms with Crippen molar-refractivity contribution in [1.82, 2.24) is 5.32 Å². The van der Waals surface area contributed by atoms with E-state index in [4.69, 9.17) is 4.74 Å². The Balaban J connectivity index is 2.83. The van der Waals surface area contributed by atoms with Gasteiger partial charge in [-0.15, -0.1) is 0 Å². The van der Waals surface area contributed by atoms with E-state index in [0.29, 0.717) is 19.8 Å². The van der Waals surface area contributed by atoms with Crippen LogP contribution in [-0.2, 0) is 4.74 Å². The minimum atomic E-state index is -0.310. The van der Waals surface area contributed by atoms with Crippen LogP contribution in [0.25, 0.3) is 0 Å². The van der Waals surface area contributed by atoms with Gasteiger partial charge in [-0.2, -0.15) is 0 Å². The van der Waals surface area contributed by atoms with Gasteiger partial charge in [0.05, 0.1) is 6.61 Å². The van der Waals surface area contributed by atoms with E-state index < -0.39 is 0 Å². The van der Waals surface area contributed by atoms with Crippen molar-refractivity contribution in [2.24, 2.45) is 0 Å². The molecule has 9 heavy (non-hydrogen) atoms. The van der Waals surface area contributed by atoms with Crippen LogP contribution < -0.4 is 5.32 Å². The molecule has 0 aromatic heterocycles. The first-order valence-corrected chi connectivity index (χ1v) is 3.26. The third-order valence-electron chi connectivity index (χ3n) is 0.727. The van der Waals surface area contributed by atoms with Crippen LogP contribution in [0.3, 0.4) is 0 Å². The van der Waals surface area contributed by atoms with Gasteiger partial charge in [0.15, 0.2) is 0 Å². The molecule has 0 unspecified atom stereocenters. The molecule has 0 fully saturated rings. The maximum Gasteiger partial charge on any atom is 0.276 e. The minimum Gasteiger partial charge on any atom is -0.380 e. The molecular weight excluding hydrogens is 138 g/mol. The van der Waals surface area contributed by atoms with E-state index in [9.17, 15) is 4.79 Å². The summed E-state index contributed by atoms with van der Waals surface area (Å²) in [5, 5.41) is 2.17. The Morgan fingerprint density at radius 1 is 1.78 bits per heavy atom. The maximum absolute atomic E-state index is 10.1. The molecule has 0 aliphatic rings. The topological polar surface area (TPSA) is 38.3 Å². The summed E-state index contributed by atoms with van der Waals surface area (Å²) in [4.78, 5) is 10.1. The zero-order valence-corrected chi connectivity index (χ0v) is 6.28. The largest absolute Gasteiger partial charge is 0.380 e. The van der Waals surface area contributed by atoms with Gasteiger partial charge in [-0.1, -0.05) is 12.6 Å². The van der Waals surface area contributed by atoms with Gasteiger partial charge >= 0.3 is 0 Å². The lowest BCUT2D eigenvalue weighted by Crippen LogP contribution is -2.21. The van der Waals surface area contributed by atoms with Gasteiger partial charge < -0.3 is 10.1 Å². The molecule has 1 amide bonds. The summed E-state index contributed by atoms with van der Waals surface area (Å²) in [7, 11) is 0. The number of amides is 1. The lowest BCUT2D eigenvalue weighted by atomic mass is 10.7. The van der Waals surface area contributed by atoms with Gasteiger partial charge in [0.25, 0.3) is 5.24 Å². The smallest absolute Gasteiger partial charge is 0.276 e. The first-order chi connectivity index (χ1) is 4.27. The summed E-state index contributed by atoms with van der Waals surface area (Å²) < 4.78 is 4.94. The fraction of sp³-hybridized carbons (Fsp3) is 0.800. The van der Waals surface area contributed by atoms with Crippen LogP contribution in [0.15, 0.2) is 0 Å². The van der Waals surface area contributed by atoms with Gasteiger partial charge in [0.1, 0.15) is 0 Å². The molecule has 0 saturated heterocycles. The average Bonchev–Trinajstić information content (AvgIpc) is 1.80. The van der Waals surface area contributed by atoms with E-state index in [0.717, 1.165) is 0 Å². The second-order valence-corrected chi connectivity index (χ2v) is 1.84. The first kappa shape index (κ1) is 8.78. The fourth-order valence-corrected chi connectivity index (χ4v) is 0.486. The van der Waals surface area contributed by atoms with E-state index in [1.54, 1.807) is 0 Å². The number of rotatable bonds is 4. The van der Waals surface area contributed by atoms with E-state index in [1.807, 2.05) is 6.92 Å². The molecule has 0 atom stereocenters. The molecule has 1 N–H and O–H groups in total. The van der Waals surface area contributed by atoms with Gasteiger partial charge in [0, 0.05) is 13.2 Å². The molecule has 4 heteroatoms. The van der Waals surface area contributed by atoms with Crippen LogP contribution in [-0.4, -0.2) is 25.0 Å². The number of thiol groups is 1. The average molecular weight is 149 g/mol. The lowest BCUT2D eigenvalue weighted by molar-refractivity contribution is 0.151. The predicted octanol–water partition coefficient (Wildman–Crippen LogP) is 0.662. The number of ether oxygens (including phenoxy) is 1. The quantitative estimate of drug-likeness (QED) is 0.455. The summed E-state index contributed by atoms with van der Waals surface area (Å²) >= 11 is 3.49. The SMILES string of the molecule is CCOCCNC(=O)S. The van der Waals surface area contributed by atoms with E-state index in [2.05, 4.69) is 17.9 Å². The van der Waals surface area contributed by atoms with Crippen molar-refractivity contribution in [2.45, 2.75) is 6.92 Å². The Kier molecular flexibility index (Phi) is 5.76. The van der Waals surface area contributed by atoms with Crippen LogP contribution >= 0.6 is 12.6 Å². The zero-order valence-electron chi connectivity index (χ0n) is 5.39. The van der Waals surface area contributed by atoms with Crippen LogP contribution in [0.2, 0.25) is 0 Å². The van der Waals surface area contributed by atoms with Crippen molar-refractivity contribution in [3.05, 3.63) is 0 Å². The van der Waals surface area contributed by atoms with Crippen molar-refractivity contribution >= 4 is 17.9 Å². The van der Waals surface area contributed by atoms with Gasteiger partial charge in [0.2, 0.25) is 0 Å². The van der Waals surface area contributed by atoms with Crippen LogP contribution in [0.4, 0.5) is 4.79 Å². The summed E-state index contributed by atoms with van der Waals surface area (Å²) in [6, 6.07) is 0. The highest BCUT2D eigenvalue weighted by molar-refractivity contribution is 7.96. The van der Waals surface area contributed by atoms with Crippen LogP contribution in [0.5, 0.6) is 0 Å². The summed E-state index contributed by atoms with van der Waals surface area (Å²) in [5.74, 6) is 0. The van der Waals surface area contributed by atoms with Crippen molar-refractivity contribution in [3.63, 3.8) is 0 Å². The Bertz CT molecular complexity index is 87.0. The highest BCUT2D eigenvalue weighted by Crippen LogP contribution is 1.75. The van der Waals surface area contributed by atoms with Crippen molar-refractivity contribution < 1.29 is 9.53 Å². The third kappa shape index (κ3) is 7.78. The molecule has 0 rings (SSSR count). The molecule has 0 spiro atoms. The summed E-state index contributed by atoms with van der Waals surface area (Å²) in [5.41, 5.74) is 0. The monoisotopic (exact) mass is 149 g/mol. The standard InChI is InChI=1S/C5H11NO2S/c1-2-8-4-3-6-5(7)9/h2-4H2,1H3,(H2,6,7,9). The number of nitrogens with one attached hydrogen (secondary N) is 1. The van der Waals surface area contributed by atoms with Gasteiger partial charge in [-0.3, -0.25) is 4.79 Å². The molecule has 0 heterocycles. The molecule has 0 radical (unpaired) electrons. The number of hydrogen-bond donors (Lipinski definition) is 2. The van der Waals surface area contributed by atoms with E-state index in [-0.39, 0.29) is 5.24 Å². The van der Waals surface area contributed by atoms with Crippen molar-refractivity contribution in [1.29, 1.82) is 0 Å². The molecular formula is C5H11NO2S. The van der Waals surface area contributed by atoms with Crippen molar-refractivity contribution in [2.75, 3.05) is 19.8 Å². The fourth-order valence-electron chi connectivity index (χ4n) is 0.374. The van der Waals surface area contributed by atoms with Crippen LogP contribution in [0, 0.1) is 0 Å². The lowest BCUT2D eigenvalue weighted by Gasteiger charge is -1.99. The number of hydrogen-bond acceptors (Lipinski definition) is 2. The molecule has 0 bridgehead atoms. The molecule has 0 aromatic rings. The molecule has 0 saturated carbocycles. The Morgan fingerprint density at radius 3 is 2.89 bits per heavy atom. The second-order valence-electron chi connectivity index (χ2n) is 1.43. The number of carbonyl (C=O) groups is 1. The first-order valence-electron chi connectivity index (χ1n) is 2.82. The van der Waals surface area contributed by atoms with Crippen molar-refractivity contribution in [3.8, 4) is 0 Å². The highest BCUT2D eigenvalue weighted by atomic mass is 32.1. The minimum absolute atomic E-state index is 0.310. The molecule has 3 nitrogen and oxygen atoms in total. The Labute approximate surface area is 60.2 Å². The summed E-state index contributed by atoms with van der Waals surface area (Å²) in [6.07, 6.45) is 0. The van der Waals surface area contributed by atoms with E-state index >= 15 is 0 Å². The third-order valence-corrected chi connectivity index (χ3v) is 0.885. The Morgan fingerprint density at radius 2 is 2.44 bits per heavy atom. The second kappa shape index (κ2) is 5.91. The molecule has 0 aliphatic heterocycles. The predicted molar refractivity (Wildman–Crippen MR) is 38.9 cm³/mol. The van der Waals surface area contributed by atoms with Crippen LogP contribution in [0.1, 0.15) is 6.92 Å². The zero-order chi connectivity index (χ0) is 7.11. The van der Waals surface area contributed by atoms with E-state index in [1.165, 1.54) is 0 Å². The summed E-state index contributed by atoms with van der Waals surface area (Å²) in [6.45, 7) is 3.68. The molecule has 0 aliphatic carbocycles. The van der Waals surface area contributed by atoms with Gasteiger partial charge in [-0.25, -0.2) is 0 Å².